The predicted molar refractivity (Wildman–Crippen MR) is 86.4 cm³/mol. The summed E-state index contributed by atoms with van der Waals surface area (Å²) in [5.74, 6) is 1.27. The highest BCUT2D eigenvalue weighted by molar-refractivity contribution is 7.99. The molecule has 1 atom stereocenters. The van der Waals surface area contributed by atoms with Gasteiger partial charge in [0.05, 0.1) is 13.2 Å². The number of halogens is 1. The third-order valence-electron chi connectivity index (χ3n) is 3.52. The van der Waals surface area contributed by atoms with Crippen LogP contribution in [-0.4, -0.2) is 46.5 Å². The van der Waals surface area contributed by atoms with E-state index in [-0.39, 0.29) is 11.9 Å². The van der Waals surface area contributed by atoms with Crippen LogP contribution >= 0.6 is 23.4 Å². The van der Waals surface area contributed by atoms with Crippen molar-refractivity contribution in [3.05, 3.63) is 41.5 Å². The molecule has 2 aromatic rings. The van der Waals surface area contributed by atoms with Crippen molar-refractivity contribution in [1.82, 2.24) is 15.0 Å². The number of ether oxygens (including phenoxy) is 1. The van der Waals surface area contributed by atoms with Gasteiger partial charge in [-0.1, -0.05) is 16.8 Å². The predicted octanol–water partition coefficient (Wildman–Crippen LogP) is 2.81. The van der Waals surface area contributed by atoms with E-state index in [2.05, 4.69) is 10.1 Å². The van der Waals surface area contributed by atoms with Gasteiger partial charge in [-0.2, -0.15) is 4.98 Å². The molecule has 0 N–H and O–H groups in total. The number of nitrogens with zero attached hydrogens (tertiary/aromatic N) is 3. The van der Waals surface area contributed by atoms with E-state index in [1.54, 1.807) is 16.7 Å². The number of rotatable bonds is 5. The number of hydrogen-bond acceptors (Lipinski definition) is 6. The normalized spacial score (nSPS) is 18.1. The maximum Gasteiger partial charge on any atom is 0.224 e. The SMILES string of the molecule is O=C(CCSc1ccc(Cl)cc1)N1CCOCC1c1ncon1. The number of benzene rings is 1. The zero-order valence-corrected chi connectivity index (χ0v) is 13.9. The molecule has 1 aromatic heterocycles. The van der Waals surface area contributed by atoms with Gasteiger partial charge in [0.1, 0.15) is 6.04 Å². The number of carbonyl (C=O) groups is 1. The quantitative estimate of drug-likeness (QED) is 0.770. The van der Waals surface area contributed by atoms with Crippen molar-refractivity contribution in [3.8, 4) is 0 Å². The summed E-state index contributed by atoms with van der Waals surface area (Å²) in [5, 5.41) is 4.54. The van der Waals surface area contributed by atoms with Gasteiger partial charge >= 0.3 is 0 Å². The Morgan fingerprint density at radius 3 is 2.96 bits per heavy atom. The number of carbonyl (C=O) groups excluding carboxylic acids is 1. The van der Waals surface area contributed by atoms with Crippen LogP contribution in [0.3, 0.4) is 0 Å². The van der Waals surface area contributed by atoms with Crippen molar-refractivity contribution in [2.75, 3.05) is 25.5 Å². The Balaban J connectivity index is 1.55. The summed E-state index contributed by atoms with van der Waals surface area (Å²) in [5.41, 5.74) is 0. The molecular weight excluding hydrogens is 338 g/mol. The summed E-state index contributed by atoms with van der Waals surface area (Å²) in [4.78, 5) is 19.4. The highest BCUT2D eigenvalue weighted by Crippen LogP contribution is 2.24. The van der Waals surface area contributed by atoms with Crippen LogP contribution in [0.1, 0.15) is 18.3 Å². The molecule has 0 radical (unpaired) electrons. The van der Waals surface area contributed by atoms with Crippen LogP contribution in [-0.2, 0) is 9.53 Å². The second-order valence-electron chi connectivity index (χ2n) is 5.02. The van der Waals surface area contributed by atoms with Crippen LogP contribution in [0.4, 0.5) is 0 Å². The molecule has 1 aromatic carbocycles. The first kappa shape index (κ1) is 16.3. The van der Waals surface area contributed by atoms with Gasteiger partial charge in [-0.05, 0) is 24.3 Å². The number of thioether (sulfide) groups is 1. The smallest absolute Gasteiger partial charge is 0.224 e. The summed E-state index contributed by atoms with van der Waals surface area (Å²) >= 11 is 7.49. The average molecular weight is 354 g/mol. The summed E-state index contributed by atoms with van der Waals surface area (Å²) in [6, 6.07) is 7.33. The number of morpholine rings is 1. The molecule has 1 aliphatic heterocycles. The first-order chi connectivity index (χ1) is 11.2. The first-order valence-electron chi connectivity index (χ1n) is 7.26. The van der Waals surface area contributed by atoms with Gasteiger partial charge in [-0.25, -0.2) is 0 Å². The lowest BCUT2D eigenvalue weighted by Gasteiger charge is -2.33. The summed E-state index contributed by atoms with van der Waals surface area (Å²) in [7, 11) is 0. The van der Waals surface area contributed by atoms with E-state index < -0.39 is 0 Å². The molecule has 3 rings (SSSR count). The van der Waals surface area contributed by atoms with E-state index in [1.807, 2.05) is 24.3 Å². The van der Waals surface area contributed by atoms with Gasteiger partial charge in [0, 0.05) is 28.6 Å². The molecule has 0 saturated carbocycles. The highest BCUT2D eigenvalue weighted by atomic mass is 35.5. The largest absolute Gasteiger partial charge is 0.377 e. The van der Waals surface area contributed by atoms with Crippen molar-refractivity contribution >= 4 is 29.3 Å². The molecule has 23 heavy (non-hydrogen) atoms. The van der Waals surface area contributed by atoms with Crippen molar-refractivity contribution < 1.29 is 14.1 Å². The average Bonchev–Trinajstić information content (AvgIpc) is 3.11. The minimum absolute atomic E-state index is 0.0737. The first-order valence-corrected chi connectivity index (χ1v) is 8.62. The van der Waals surface area contributed by atoms with Crippen molar-refractivity contribution in [2.45, 2.75) is 17.4 Å². The number of amides is 1. The Bertz CT molecular complexity index is 636. The van der Waals surface area contributed by atoms with E-state index in [0.29, 0.717) is 42.8 Å². The molecule has 2 heterocycles. The van der Waals surface area contributed by atoms with E-state index in [1.165, 1.54) is 6.39 Å². The maximum atomic E-state index is 12.5. The molecule has 8 heteroatoms. The minimum Gasteiger partial charge on any atom is -0.377 e. The van der Waals surface area contributed by atoms with Crippen LogP contribution in [0, 0.1) is 0 Å². The minimum atomic E-state index is -0.268. The van der Waals surface area contributed by atoms with Crippen molar-refractivity contribution in [3.63, 3.8) is 0 Å². The van der Waals surface area contributed by atoms with Crippen LogP contribution in [0.25, 0.3) is 0 Å². The Kier molecular flexibility index (Phi) is 5.53. The lowest BCUT2D eigenvalue weighted by atomic mass is 10.2. The summed E-state index contributed by atoms with van der Waals surface area (Å²) in [6.45, 7) is 1.48. The van der Waals surface area contributed by atoms with Crippen molar-refractivity contribution in [1.29, 1.82) is 0 Å². The molecule has 6 nitrogen and oxygen atoms in total. The molecule has 1 amide bonds. The Morgan fingerprint density at radius 1 is 1.39 bits per heavy atom. The lowest BCUT2D eigenvalue weighted by molar-refractivity contribution is -0.140. The molecule has 1 saturated heterocycles. The van der Waals surface area contributed by atoms with Crippen LogP contribution in [0.5, 0.6) is 0 Å². The summed E-state index contributed by atoms with van der Waals surface area (Å²) in [6.07, 6.45) is 1.71. The van der Waals surface area contributed by atoms with E-state index in [4.69, 9.17) is 20.9 Å². The Morgan fingerprint density at radius 2 is 2.22 bits per heavy atom. The molecule has 0 spiro atoms. The van der Waals surface area contributed by atoms with E-state index >= 15 is 0 Å². The monoisotopic (exact) mass is 353 g/mol. The lowest BCUT2D eigenvalue weighted by Crippen LogP contribution is -2.44. The fourth-order valence-electron chi connectivity index (χ4n) is 2.37. The standard InChI is InChI=1S/C15H16ClN3O3S/c16-11-1-3-12(4-2-11)23-8-5-14(20)19-6-7-21-9-13(19)15-17-10-22-18-15/h1-4,10,13H,5-9H2. The van der Waals surface area contributed by atoms with Gasteiger partial charge in [0.15, 0.2) is 5.82 Å². The van der Waals surface area contributed by atoms with Crippen molar-refractivity contribution in [2.24, 2.45) is 0 Å². The van der Waals surface area contributed by atoms with E-state index in [0.717, 1.165) is 4.90 Å². The zero-order valence-electron chi connectivity index (χ0n) is 12.4. The number of aromatic nitrogens is 2. The van der Waals surface area contributed by atoms with E-state index in [9.17, 15) is 4.79 Å². The molecule has 0 bridgehead atoms. The Labute approximate surface area is 143 Å². The molecular formula is C15H16ClN3O3S. The maximum absolute atomic E-state index is 12.5. The molecule has 1 fully saturated rings. The number of hydrogen-bond donors (Lipinski definition) is 0. The second kappa shape index (κ2) is 7.81. The fourth-order valence-corrected chi connectivity index (χ4v) is 3.34. The van der Waals surface area contributed by atoms with Gasteiger partial charge in [0.25, 0.3) is 0 Å². The van der Waals surface area contributed by atoms with Crippen LogP contribution in [0.2, 0.25) is 5.02 Å². The van der Waals surface area contributed by atoms with Gasteiger partial charge in [-0.15, -0.1) is 11.8 Å². The topological polar surface area (TPSA) is 68.5 Å². The van der Waals surface area contributed by atoms with Gasteiger partial charge in [-0.3, -0.25) is 4.79 Å². The van der Waals surface area contributed by atoms with Crippen LogP contribution in [0.15, 0.2) is 40.1 Å². The summed E-state index contributed by atoms with van der Waals surface area (Å²) < 4.78 is 10.2. The molecule has 1 aliphatic rings. The molecule has 122 valence electrons. The zero-order chi connectivity index (χ0) is 16.1. The Hall–Kier alpha value is -1.57. The molecule has 0 aliphatic carbocycles. The second-order valence-corrected chi connectivity index (χ2v) is 6.62. The highest BCUT2D eigenvalue weighted by Gasteiger charge is 2.31. The molecule has 1 unspecified atom stereocenters. The fraction of sp³-hybridized carbons (Fsp3) is 0.400. The van der Waals surface area contributed by atoms with Crippen LogP contribution < -0.4 is 0 Å². The van der Waals surface area contributed by atoms with Gasteiger partial charge < -0.3 is 14.2 Å². The third-order valence-corrected chi connectivity index (χ3v) is 4.79. The van der Waals surface area contributed by atoms with Gasteiger partial charge in [0.2, 0.25) is 12.3 Å². The third kappa shape index (κ3) is 4.25.